The number of thioether (sulfide) groups is 1. The maximum atomic E-state index is 6.10. The van der Waals surface area contributed by atoms with E-state index in [9.17, 15) is 0 Å². The van der Waals surface area contributed by atoms with Crippen LogP contribution in [0.25, 0.3) is 0 Å². The van der Waals surface area contributed by atoms with Gasteiger partial charge >= 0.3 is 7.12 Å². The molecule has 140 valence electrons. The number of benzene rings is 1. The summed E-state index contributed by atoms with van der Waals surface area (Å²) < 4.78 is 22.1. The summed E-state index contributed by atoms with van der Waals surface area (Å²) in [6, 6.07) is 6.51. The Hall–Kier alpha value is -0.525. The van der Waals surface area contributed by atoms with Crippen molar-refractivity contribution in [3.8, 4) is 0 Å². The Morgan fingerprint density at radius 3 is 1.88 bits per heavy atom. The van der Waals surface area contributed by atoms with Crippen LogP contribution < -0.4 is 5.46 Å². The molecule has 3 rings (SSSR count). The summed E-state index contributed by atoms with van der Waals surface area (Å²) in [5, 5.41) is 0. The Kier molecular flexibility index (Phi) is 7.41. The van der Waals surface area contributed by atoms with Gasteiger partial charge in [-0.15, -0.1) is 11.8 Å². The van der Waals surface area contributed by atoms with Crippen LogP contribution in [0, 0.1) is 6.92 Å². The molecule has 0 amide bonds. The molecule has 25 heavy (non-hydrogen) atoms. The van der Waals surface area contributed by atoms with Crippen LogP contribution in [0.15, 0.2) is 23.1 Å². The van der Waals surface area contributed by atoms with Crippen LogP contribution >= 0.6 is 11.8 Å². The highest BCUT2D eigenvalue weighted by Crippen LogP contribution is 2.36. The fraction of sp³-hybridized carbons (Fsp3) is 0.684. The first kappa shape index (κ1) is 20.8. The zero-order valence-electron chi connectivity index (χ0n) is 16.4. The van der Waals surface area contributed by atoms with Crippen LogP contribution in [0.3, 0.4) is 0 Å². The van der Waals surface area contributed by atoms with Crippen molar-refractivity contribution in [2.24, 2.45) is 0 Å². The van der Waals surface area contributed by atoms with Crippen LogP contribution in [0.5, 0.6) is 0 Å². The molecule has 2 fully saturated rings. The first-order chi connectivity index (χ1) is 11.8. The molecule has 0 spiro atoms. The van der Waals surface area contributed by atoms with Crippen molar-refractivity contribution in [3.05, 3.63) is 23.8 Å². The zero-order chi connectivity index (χ0) is 18.5. The van der Waals surface area contributed by atoms with Gasteiger partial charge in [0.2, 0.25) is 0 Å². The molecule has 2 aliphatic rings. The van der Waals surface area contributed by atoms with Crippen molar-refractivity contribution < 1.29 is 18.8 Å². The predicted octanol–water partition coefficient (Wildman–Crippen LogP) is 3.44. The first-order valence-corrected chi connectivity index (χ1v) is 10.00. The van der Waals surface area contributed by atoms with Crippen molar-refractivity contribution in [1.82, 2.24) is 0 Å². The van der Waals surface area contributed by atoms with Gasteiger partial charge in [-0.1, -0.05) is 18.6 Å². The quantitative estimate of drug-likeness (QED) is 0.605. The summed E-state index contributed by atoms with van der Waals surface area (Å²) in [6.45, 7) is 15.8. The van der Waals surface area contributed by atoms with Crippen molar-refractivity contribution >= 4 is 24.3 Å². The first-order valence-electron chi connectivity index (χ1n) is 9.01. The molecular weight excluding hydrogens is 335 g/mol. The molecule has 0 bridgehead atoms. The van der Waals surface area contributed by atoms with E-state index in [0.717, 1.165) is 37.6 Å². The van der Waals surface area contributed by atoms with E-state index in [0.29, 0.717) is 0 Å². The Labute approximate surface area is 157 Å². The average Bonchev–Trinajstić information content (AvgIpc) is 2.78. The molecule has 0 radical (unpaired) electrons. The van der Waals surface area contributed by atoms with E-state index in [4.69, 9.17) is 18.8 Å². The molecule has 2 heterocycles. The fourth-order valence-corrected chi connectivity index (χ4v) is 3.34. The van der Waals surface area contributed by atoms with Crippen LogP contribution in [-0.2, 0) is 18.8 Å². The molecule has 0 aromatic heterocycles. The minimum atomic E-state index is -0.277. The normalized spacial score (nSPS) is 21.6. The maximum Gasteiger partial charge on any atom is 0.495 e. The molecule has 0 atom stereocenters. The van der Waals surface area contributed by atoms with Gasteiger partial charge in [0.1, 0.15) is 0 Å². The number of aryl methyl sites for hydroxylation is 1. The Morgan fingerprint density at radius 2 is 1.48 bits per heavy atom. The highest BCUT2D eigenvalue weighted by atomic mass is 32.2. The fourth-order valence-electron chi connectivity index (χ4n) is 2.58. The van der Waals surface area contributed by atoms with Gasteiger partial charge < -0.3 is 18.8 Å². The van der Waals surface area contributed by atoms with E-state index < -0.39 is 0 Å². The molecule has 2 saturated heterocycles. The Bertz CT molecular complexity index is 531. The molecule has 0 unspecified atom stereocenters. The van der Waals surface area contributed by atoms with Crippen molar-refractivity contribution in [3.63, 3.8) is 0 Å². The van der Waals surface area contributed by atoms with Gasteiger partial charge in [-0.25, -0.2) is 0 Å². The molecule has 1 aromatic rings. The Morgan fingerprint density at radius 1 is 0.960 bits per heavy atom. The van der Waals surface area contributed by atoms with Crippen LogP contribution in [0.2, 0.25) is 0 Å². The SMILES string of the molecule is C1COCCO1.CCSc1ccc(B2OC(C)(C)C(C)(C)O2)c(C)c1. The monoisotopic (exact) mass is 366 g/mol. The molecule has 0 saturated carbocycles. The number of rotatable bonds is 3. The average molecular weight is 366 g/mol. The Balaban J connectivity index is 0.000000316. The van der Waals surface area contributed by atoms with Crippen LogP contribution in [-0.4, -0.2) is 50.5 Å². The maximum absolute atomic E-state index is 6.10. The summed E-state index contributed by atoms with van der Waals surface area (Å²) in [4.78, 5) is 1.31. The van der Waals surface area contributed by atoms with E-state index in [1.807, 2.05) is 11.8 Å². The second-order valence-corrected chi connectivity index (χ2v) is 8.60. The molecule has 2 aliphatic heterocycles. The molecule has 1 aromatic carbocycles. The van der Waals surface area contributed by atoms with E-state index in [1.54, 1.807) is 0 Å². The number of ether oxygens (including phenoxy) is 2. The third kappa shape index (κ3) is 5.47. The number of hydrogen-bond acceptors (Lipinski definition) is 5. The van der Waals surface area contributed by atoms with Crippen molar-refractivity contribution in [2.45, 2.75) is 57.6 Å². The van der Waals surface area contributed by atoms with Gasteiger partial charge in [-0.2, -0.15) is 0 Å². The standard InChI is InChI=1S/C15H23BO2S.C4H8O2/c1-7-19-12-8-9-13(11(2)10-12)16-17-14(3,4)15(5,6)18-16;1-2-6-4-3-5-1/h8-10H,7H2,1-6H3;1-4H2. The minimum Gasteiger partial charge on any atom is -0.399 e. The summed E-state index contributed by atoms with van der Waals surface area (Å²) in [5.41, 5.74) is 1.82. The van der Waals surface area contributed by atoms with Gasteiger partial charge in [0, 0.05) is 4.90 Å². The molecule has 0 N–H and O–H groups in total. The van der Waals surface area contributed by atoms with Crippen LogP contribution in [0.1, 0.15) is 40.2 Å². The third-order valence-corrected chi connectivity index (χ3v) is 5.68. The van der Waals surface area contributed by atoms with Gasteiger partial charge in [0.15, 0.2) is 0 Å². The highest BCUT2D eigenvalue weighted by molar-refractivity contribution is 7.99. The topological polar surface area (TPSA) is 36.9 Å². The van der Waals surface area contributed by atoms with E-state index in [2.05, 4.69) is 59.7 Å². The van der Waals surface area contributed by atoms with E-state index >= 15 is 0 Å². The molecular formula is C19H31BO4S. The highest BCUT2D eigenvalue weighted by Gasteiger charge is 2.51. The third-order valence-electron chi connectivity index (χ3n) is 4.80. The molecule has 6 heteroatoms. The second-order valence-electron chi connectivity index (χ2n) is 7.26. The van der Waals surface area contributed by atoms with Crippen LogP contribution in [0.4, 0.5) is 0 Å². The lowest BCUT2D eigenvalue weighted by molar-refractivity contribution is -0.0334. The van der Waals surface area contributed by atoms with Gasteiger partial charge in [-0.05, 0) is 58.0 Å². The van der Waals surface area contributed by atoms with Gasteiger partial charge in [0.05, 0.1) is 37.6 Å². The van der Waals surface area contributed by atoms with E-state index in [1.165, 1.54) is 10.5 Å². The summed E-state index contributed by atoms with van der Waals surface area (Å²) in [6.07, 6.45) is 0. The number of hydrogen-bond donors (Lipinski definition) is 0. The van der Waals surface area contributed by atoms with Crippen molar-refractivity contribution in [2.75, 3.05) is 32.2 Å². The second kappa shape index (κ2) is 8.91. The van der Waals surface area contributed by atoms with Gasteiger partial charge in [0.25, 0.3) is 0 Å². The summed E-state index contributed by atoms with van der Waals surface area (Å²) in [5.74, 6) is 1.09. The smallest absolute Gasteiger partial charge is 0.399 e. The summed E-state index contributed by atoms with van der Waals surface area (Å²) >= 11 is 1.86. The largest absolute Gasteiger partial charge is 0.495 e. The minimum absolute atomic E-state index is 0.259. The summed E-state index contributed by atoms with van der Waals surface area (Å²) in [7, 11) is -0.259. The predicted molar refractivity (Wildman–Crippen MR) is 105 cm³/mol. The van der Waals surface area contributed by atoms with E-state index in [-0.39, 0.29) is 18.3 Å². The zero-order valence-corrected chi connectivity index (χ0v) is 17.2. The lowest BCUT2D eigenvalue weighted by Crippen LogP contribution is -2.41. The molecule has 0 aliphatic carbocycles. The van der Waals surface area contributed by atoms with Crippen molar-refractivity contribution in [1.29, 1.82) is 0 Å². The lowest BCUT2D eigenvalue weighted by Gasteiger charge is -2.32. The lowest BCUT2D eigenvalue weighted by atomic mass is 9.76. The van der Waals surface area contributed by atoms with Gasteiger partial charge in [-0.3, -0.25) is 0 Å². The molecule has 4 nitrogen and oxygen atoms in total.